The second-order valence-electron chi connectivity index (χ2n) is 8.99. The average molecular weight is 406 g/mol. The predicted octanol–water partition coefficient (Wildman–Crippen LogP) is 4.40. The molecule has 6 nitrogen and oxygen atoms in total. The number of hydrogen-bond donors (Lipinski definition) is 1. The van der Waals surface area contributed by atoms with Gasteiger partial charge in [0.1, 0.15) is 17.1 Å². The number of carbonyl (C=O) groups is 2. The molecule has 0 unspecified atom stereocenters. The van der Waals surface area contributed by atoms with Crippen LogP contribution >= 0.6 is 0 Å². The normalized spacial score (nSPS) is 18.1. The maximum Gasteiger partial charge on any atom is 0.410 e. The van der Waals surface area contributed by atoms with Crippen LogP contribution in [0, 0.1) is 11.7 Å². The summed E-state index contributed by atoms with van der Waals surface area (Å²) < 4.78 is 19.8. The first-order valence-corrected chi connectivity index (χ1v) is 10.5. The summed E-state index contributed by atoms with van der Waals surface area (Å²) in [5.41, 5.74) is 0.529. The molecule has 0 bridgehead atoms. The van der Waals surface area contributed by atoms with Crippen LogP contribution in [0.15, 0.2) is 18.2 Å². The fraction of sp³-hybridized carbons (Fsp3) is 0.636. The molecule has 1 aromatic rings. The third kappa shape index (κ3) is 5.84. The summed E-state index contributed by atoms with van der Waals surface area (Å²) in [6.45, 7) is 8.46. The van der Waals surface area contributed by atoms with E-state index in [0.717, 1.165) is 44.5 Å². The molecule has 2 heterocycles. The number of benzene rings is 1. The van der Waals surface area contributed by atoms with Gasteiger partial charge in [0.15, 0.2) is 0 Å². The van der Waals surface area contributed by atoms with Crippen molar-refractivity contribution in [3.8, 4) is 0 Å². The van der Waals surface area contributed by atoms with Crippen molar-refractivity contribution in [2.75, 3.05) is 36.4 Å². The van der Waals surface area contributed by atoms with Gasteiger partial charge in [-0.3, -0.25) is 4.79 Å². The molecule has 2 saturated heterocycles. The Labute approximate surface area is 172 Å². The SMILES string of the molecule is CC(C)(C)OC(=O)N1CCC(CC(=O)Nc2c(F)cccc2N2CCCC2)CC1. The quantitative estimate of drug-likeness (QED) is 0.806. The summed E-state index contributed by atoms with van der Waals surface area (Å²) in [5, 5.41) is 2.81. The molecule has 29 heavy (non-hydrogen) atoms. The zero-order valence-electron chi connectivity index (χ0n) is 17.7. The Balaban J connectivity index is 1.53. The van der Waals surface area contributed by atoms with Crippen LogP contribution in [0.3, 0.4) is 0 Å². The highest BCUT2D eigenvalue weighted by Crippen LogP contribution is 2.32. The molecule has 0 spiro atoms. The Hall–Kier alpha value is -2.31. The van der Waals surface area contributed by atoms with E-state index in [-0.39, 0.29) is 23.6 Å². The number of nitrogens with one attached hydrogen (secondary N) is 1. The van der Waals surface area contributed by atoms with E-state index in [1.807, 2.05) is 26.8 Å². The van der Waals surface area contributed by atoms with Gasteiger partial charge in [-0.2, -0.15) is 0 Å². The van der Waals surface area contributed by atoms with Gasteiger partial charge >= 0.3 is 6.09 Å². The monoisotopic (exact) mass is 405 g/mol. The summed E-state index contributed by atoms with van der Waals surface area (Å²) in [4.78, 5) is 28.6. The summed E-state index contributed by atoms with van der Waals surface area (Å²) in [6, 6.07) is 4.93. The minimum atomic E-state index is -0.513. The molecule has 0 radical (unpaired) electrons. The topological polar surface area (TPSA) is 61.9 Å². The molecule has 3 rings (SSSR count). The molecular weight excluding hydrogens is 373 g/mol. The van der Waals surface area contributed by atoms with Crippen LogP contribution in [0.25, 0.3) is 0 Å². The van der Waals surface area contributed by atoms with E-state index in [9.17, 15) is 14.0 Å². The molecule has 0 aromatic heterocycles. The van der Waals surface area contributed by atoms with E-state index in [1.54, 1.807) is 11.0 Å². The van der Waals surface area contributed by atoms with Crippen LogP contribution in [0.5, 0.6) is 0 Å². The summed E-state index contributed by atoms with van der Waals surface area (Å²) >= 11 is 0. The Morgan fingerprint density at radius 1 is 1.14 bits per heavy atom. The molecule has 1 aromatic carbocycles. The van der Waals surface area contributed by atoms with Gasteiger partial charge in [-0.15, -0.1) is 0 Å². The van der Waals surface area contributed by atoms with Gasteiger partial charge in [0.05, 0.1) is 5.69 Å². The van der Waals surface area contributed by atoms with E-state index < -0.39 is 11.4 Å². The van der Waals surface area contributed by atoms with E-state index in [4.69, 9.17) is 4.74 Å². The van der Waals surface area contributed by atoms with Crippen molar-refractivity contribution in [1.82, 2.24) is 4.90 Å². The molecule has 2 aliphatic heterocycles. The summed E-state index contributed by atoms with van der Waals surface area (Å²) in [6.07, 6.45) is 3.67. The number of amides is 2. The number of hydrogen-bond acceptors (Lipinski definition) is 4. The van der Waals surface area contributed by atoms with Crippen LogP contribution in [-0.4, -0.2) is 48.7 Å². The minimum absolute atomic E-state index is 0.175. The highest BCUT2D eigenvalue weighted by atomic mass is 19.1. The predicted molar refractivity (Wildman–Crippen MR) is 112 cm³/mol. The number of rotatable bonds is 4. The zero-order valence-corrected chi connectivity index (χ0v) is 17.7. The van der Waals surface area contributed by atoms with Gasteiger partial charge in [0, 0.05) is 32.6 Å². The van der Waals surface area contributed by atoms with Crippen LogP contribution in [0.4, 0.5) is 20.6 Å². The molecule has 1 N–H and O–H groups in total. The smallest absolute Gasteiger partial charge is 0.410 e. The highest BCUT2D eigenvalue weighted by Gasteiger charge is 2.28. The first-order chi connectivity index (χ1) is 13.7. The highest BCUT2D eigenvalue weighted by molar-refractivity contribution is 5.94. The Bertz CT molecular complexity index is 733. The second-order valence-corrected chi connectivity index (χ2v) is 8.99. The Morgan fingerprint density at radius 2 is 1.79 bits per heavy atom. The largest absolute Gasteiger partial charge is 0.444 e. The van der Waals surface area contributed by atoms with Gasteiger partial charge < -0.3 is 19.9 Å². The number of likely N-dealkylation sites (tertiary alicyclic amines) is 1. The van der Waals surface area contributed by atoms with Crippen molar-refractivity contribution in [2.24, 2.45) is 5.92 Å². The lowest BCUT2D eigenvalue weighted by Gasteiger charge is -2.33. The number of para-hydroxylation sites is 1. The van der Waals surface area contributed by atoms with Crippen LogP contribution < -0.4 is 10.2 Å². The molecule has 0 atom stereocenters. The molecule has 7 heteroatoms. The van der Waals surface area contributed by atoms with E-state index in [0.29, 0.717) is 19.5 Å². The third-order valence-corrected chi connectivity index (χ3v) is 5.44. The van der Waals surface area contributed by atoms with Crippen molar-refractivity contribution >= 4 is 23.4 Å². The Morgan fingerprint density at radius 3 is 2.41 bits per heavy atom. The number of halogens is 1. The lowest BCUT2D eigenvalue weighted by Crippen LogP contribution is -2.42. The summed E-state index contributed by atoms with van der Waals surface area (Å²) in [5.74, 6) is -0.399. The molecule has 160 valence electrons. The average Bonchev–Trinajstić information content (AvgIpc) is 3.17. The molecule has 2 amide bonds. The maximum atomic E-state index is 14.4. The molecule has 2 fully saturated rings. The number of anilines is 2. The fourth-order valence-electron chi connectivity index (χ4n) is 3.96. The van der Waals surface area contributed by atoms with Gasteiger partial charge in [-0.05, 0) is 64.5 Å². The lowest BCUT2D eigenvalue weighted by molar-refractivity contribution is -0.117. The van der Waals surface area contributed by atoms with Crippen LogP contribution in [-0.2, 0) is 9.53 Å². The molecule has 0 aliphatic carbocycles. The number of ether oxygens (including phenoxy) is 1. The van der Waals surface area contributed by atoms with Gasteiger partial charge in [-0.25, -0.2) is 9.18 Å². The number of carbonyl (C=O) groups excluding carboxylic acids is 2. The standard InChI is InChI=1S/C22H32FN3O3/c1-22(2,3)29-21(28)26-13-9-16(10-14-26)15-19(27)24-20-17(23)7-6-8-18(20)25-11-4-5-12-25/h6-8,16H,4-5,9-15H2,1-3H3,(H,24,27). The van der Waals surface area contributed by atoms with Crippen LogP contribution in [0.2, 0.25) is 0 Å². The van der Waals surface area contributed by atoms with E-state index >= 15 is 0 Å². The van der Waals surface area contributed by atoms with Crippen molar-refractivity contribution in [3.05, 3.63) is 24.0 Å². The van der Waals surface area contributed by atoms with Gasteiger partial charge in [-0.1, -0.05) is 6.07 Å². The summed E-state index contributed by atoms with van der Waals surface area (Å²) in [7, 11) is 0. The van der Waals surface area contributed by atoms with Crippen molar-refractivity contribution < 1.29 is 18.7 Å². The molecular formula is C22H32FN3O3. The number of piperidine rings is 1. The van der Waals surface area contributed by atoms with Crippen molar-refractivity contribution in [2.45, 2.75) is 58.5 Å². The van der Waals surface area contributed by atoms with Crippen molar-refractivity contribution in [1.29, 1.82) is 0 Å². The van der Waals surface area contributed by atoms with Gasteiger partial charge in [0.25, 0.3) is 0 Å². The van der Waals surface area contributed by atoms with Crippen molar-refractivity contribution in [3.63, 3.8) is 0 Å². The first kappa shape index (κ1) is 21.4. The lowest BCUT2D eigenvalue weighted by atomic mass is 9.93. The first-order valence-electron chi connectivity index (χ1n) is 10.5. The van der Waals surface area contributed by atoms with E-state index in [1.165, 1.54) is 6.07 Å². The van der Waals surface area contributed by atoms with Gasteiger partial charge in [0.2, 0.25) is 5.91 Å². The molecule has 0 saturated carbocycles. The second kappa shape index (κ2) is 9.01. The fourth-order valence-corrected chi connectivity index (χ4v) is 3.96. The third-order valence-electron chi connectivity index (χ3n) is 5.44. The zero-order chi connectivity index (χ0) is 21.0. The Kier molecular flexibility index (Phi) is 6.65. The number of nitrogens with zero attached hydrogens (tertiary/aromatic N) is 2. The van der Waals surface area contributed by atoms with E-state index in [2.05, 4.69) is 10.2 Å². The molecule has 2 aliphatic rings. The van der Waals surface area contributed by atoms with Crippen LogP contribution in [0.1, 0.15) is 52.9 Å². The minimum Gasteiger partial charge on any atom is -0.444 e. The maximum absolute atomic E-state index is 14.4.